The van der Waals surface area contributed by atoms with Crippen molar-refractivity contribution in [2.45, 2.75) is 94.1 Å². The Hall–Kier alpha value is -8.66. The molecule has 6 atom stereocenters. The lowest BCUT2D eigenvalue weighted by Gasteiger charge is -2.17. The maximum absolute atomic E-state index is 13.4. The molecular weight excluding hydrogens is 1020 g/mol. The first kappa shape index (κ1) is 51.8. The lowest BCUT2D eigenvalue weighted by Crippen LogP contribution is -2.37. The molecule has 2 fully saturated rings. The lowest BCUT2D eigenvalue weighted by molar-refractivity contribution is -0.125. The van der Waals surface area contributed by atoms with Crippen molar-refractivity contribution in [2.75, 3.05) is 5.43 Å². The van der Waals surface area contributed by atoms with Crippen LogP contribution in [0.3, 0.4) is 0 Å². The standard InChI is InChI=1S/C28H28N6O4S.C28H26N6O3S/c1-3-20-14-22(38-21-8-6-19(16-29)7-9-21)15-24(20)28(35)33-32-26-17-30-27-25(31-26)12-13-34(27)39(36,37)23-10-4-18(2)5-11-23;1-3-20-14-22(37-21-8-6-19(16-29)7-9-21)15-24(20)27-32-31-26-17-30-28-25(34(26)27)12-13-33(28)38(35,36)23-10-4-18(2)5-11-23/h4-13,17,20,22,24H,3,14-15H2,1-2H3,(H,31,32)(H,33,35);4-13,17,20,22,24H,3,14-15H2,1-2H3/t2*20-,22-,24+/m11/s1. The average Bonchev–Trinajstić information content (AvgIpc) is 4.33. The number of hydrogen-bond donors (Lipinski definition) is 2. The number of nitrogens with one attached hydrogen (secondary N) is 2. The zero-order valence-corrected chi connectivity index (χ0v) is 44.2. The Morgan fingerprint density at radius 3 is 1.75 bits per heavy atom. The molecule has 0 saturated heterocycles. The van der Waals surface area contributed by atoms with Crippen LogP contribution in [0.25, 0.3) is 28.0 Å². The first-order valence-electron chi connectivity index (χ1n) is 25.3. The fourth-order valence-electron chi connectivity index (χ4n) is 10.4. The van der Waals surface area contributed by atoms with Crippen molar-refractivity contribution < 1.29 is 31.1 Å². The van der Waals surface area contributed by atoms with Gasteiger partial charge in [-0.15, -0.1) is 10.2 Å². The minimum absolute atomic E-state index is 0.00548. The van der Waals surface area contributed by atoms with Crippen molar-refractivity contribution in [3.05, 3.63) is 162 Å². The molecule has 4 aromatic carbocycles. The van der Waals surface area contributed by atoms with E-state index in [-0.39, 0.29) is 57.1 Å². The van der Waals surface area contributed by atoms with E-state index in [9.17, 15) is 21.6 Å². The predicted octanol–water partition coefficient (Wildman–Crippen LogP) is 9.02. The number of benzene rings is 4. The lowest BCUT2D eigenvalue weighted by atomic mass is 9.93. The van der Waals surface area contributed by atoms with Crippen LogP contribution in [0.5, 0.6) is 11.5 Å². The molecule has 77 heavy (non-hydrogen) atoms. The van der Waals surface area contributed by atoms with E-state index in [0.29, 0.717) is 51.5 Å². The van der Waals surface area contributed by atoms with Crippen molar-refractivity contribution in [1.29, 1.82) is 10.5 Å². The number of anilines is 1. The quantitative estimate of drug-likeness (QED) is 0.0963. The highest BCUT2D eigenvalue weighted by Gasteiger charge is 2.40. The molecule has 2 saturated carbocycles. The fourth-order valence-corrected chi connectivity index (χ4v) is 13.0. The van der Waals surface area contributed by atoms with Crippen LogP contribution in [0.15, 0.2) is 144 Å². The zero-order valence-electron chi connectivity index (χ0n) is 42.6. The summed E-state index contributed by atoms with van der Waals surface area (Å²) in [6.07, 6.45) is 10.5. The number of rotatable bonds is 14. The van der Waals surface area contributed by atoms with E-state index in [1.807, 2.05) is 30.4 Å². The first-order valence-corrected chi connectivity index (χ1v) is 28.1. The average molecular weight is 1070 g/mol. The molecule has 9 aromatic rings. The molecule has 21 heteroatoms. The van der Waals surface area contributed by atoms with Crippen LogP contribution >= 0.6 is 0 Å². The third-order valence-corrected chi connectivity index (χ3v) is 17.8. The molecule has 392 valence electrons. The number of hydrogen-bond acceptors (Lipinski definition) is 15. The highest BCUT2D eigenvalue weighted by Crippen LogP contribution is 2.43. The van der Waals surface area contributed by atoms with Gasteiger partial charge in [0.25, 0.3) is 20.0 Å². The van der Waals surface area contributed by atoms with Crippen LogP contribution in [0.2, 0.25) is 0 Å². The summed E-state index contributed by atoms with van der Waals surface area (Å²) < 4.78 is 69.7. The zero-order chi connectivity index (χ0) is 54.0. The molecule has 0 radical (unpaired) electrons. The maximum atomic E-state index is 13.4. The van der Waals surface area contributed by atoms with Crippen LogP contribution in [0, 0.1) is 54.3 Å². The Bertz CT molecular complexity index is 3940. The minimum atomic E-state index is -3.83. The van der Waals surface area contributed by atoms with Crippen LogP contribution in [0.1, 0.15) is 86.4 Å². The summed E-state index contributed by atoms with van der Waals surface area (Å²) in [7, 11) is -7.66. The van der Waals surface area contributed by atoms with Gasteiger partial charge in [0.05, 0.1) is 63.2 Å². The van der Waals surface area contributed by atoms with E-state index in [4.69, 9.17) is 20.0 Å². The summed E-state index contributed by atoms with van der Waals surface area (Å²) >= 11 is 0. The maximum Gasteiger partial charge on any atom is 0.269 e. The summed E-state index contributed by atoms with van der Waals surface area (Å²) in [4.78, 5) is 26.6. The van der Waals surface area contributed by atoms with Gasteiger partial charge in [0.1, 0.15) is 22.8 Å². The summed E-state index contributed by atoms with van der Waals surface area (Å²) in [5.74, 6) is 2.64. The van der Waals surface area contributed by atoms with Crippen molar-refractivity contribution >= 4 is 59.7 Å². The van der Waals surface area contributed by atoms with Gasteiger partial charge in [0, 0.05) is 24.2 Å². The molecule has 2 aliphatic rings. The number of ether oxygens (including phenoxy) is 2. The number of nitrogens with zero attached hydrogens (tertiary/aromatic N) is 10. The van der Waals surface area contributed by atoms with Crippen LogP contribution < -0.4 is 20.3 Å². The van der Waals surface area contributed by atoms with Crippen LogP contribution in [-0.2, 0) is 24.8 Å². The van der Waals surface area contributed by atoms with Crippen molar-refractivity contribution in [1.82, 2.24) is 42.9 Å². The normalized spacial score (nSPS) is 19.3. The molecule has 0 aliphatic heterocycles. The summed E-state index contributed by atoms with van der Waals surface area (Å²) in [5, 5.41) is 26.9. The second-order valence-electron chi connectivity index (χ2n) is 19.4. The summed E-state index contributed by atoms with van der Waals surface area (Å²) in [5.41, 5.74) is 10.8. The van der Waals surface area contributed by atoms with Gasteiger partial charge in [-0.1, -0.05) is 62.1 Å². The SMILES string of the molecule is CC[C@@H]1C[C@@H](Oc2ccc(C#N)cc2)C[C@@H]1C(=O)NNc1cnc2c(ccn2S(=O)(=O)c2ccc(C)cc2)n1.CC[C@@H]1C[C@@H](Oc2ccc(C#N)cc2)C[C@@H]1c1nnc2cnc3c(ccn3S(=O)(=O)c3ccc(C)cc3)n12. The number of aromatic nitrogens is 8. The van der Waals surface area contributed by atoms with E-state index < -0.39 is 20.0 Å². The van der Waals surface area contributed by atoms with Gasteiger partial charge in [-0.2, -0.15) is 10.5 Å². The Morgan fingerprint density at radius 1 is 0.649 bits per heavy atom. The Labute approximate surface area is 445 Å². The topological polar surface area (TPSA) is 254 Å². The van der Waals surface area contributed by atoms with E-state index in [1.165, 1.54) is 16.4 Å². The van der Waals surface area contributed by atoms with E-state index in [2.05, 4.69) is 62.0 Å². The molecule has 0 spiro atoms. The van der Waals surface area contributed by atoms with Crippen molar-refractivity contribution in [2.24, 2.45) is 17.8 Å². The van der Waals surface area contributed by atoms with E-state index in [1.54, 1.807) is 109 Å². The van der Waals surface area contributed by atoms with Gasteiger partial charge in [-0.25, -0.2) is 39.7 Å². The van der Waals surface area contributed by atoms with Crippen LogP contribution in [-0.4, -0.2) is 72.4 Å². The fraction of sp³-hybridized carbons (Fsp3) is 0.286. The second kappa shape index (κ2) is 21.5. The molecule has 5 heterocycles. The van der Waals surface area contributed by atoms with Crippen molar-refractivity contribution in [3.63, 3.8) is 0 Å². The number of hydrazine groups is 1. The molecule has 0 unspecified atom stereocenters. The van der Waals surface area contributed by atoms with Gasteiger partial charge < -0.3 is 9.47 Å². The van der Waals surface area contributed by atoms with Crippen LogP contribution in [0.4, 0.5) is 5.82 Å². The van der Waals surface area contributed by atoms with E-state index >= 15 is 0 Å². The highest BCUT2D eigenvalue weighted by atomic mass is 32.2. The van der Waals surface area contributed by atoms with Gasteiger partial charge >= 0.3 is 0 Å². The van der Waals surface area contributed by atoms with Gasteiger partial charge in [0.2, 0.25) is 5.91 Å². The van der Waals surface area contributed by atoms with Crippen molar-refractivity contribution in [3.8, 4) is 23.6 Å². The molecule has 0 bridgehead atoms. The second-order valence-corrected chi connectivity index (χ2v) is 23.0. The third-order valence-electron chi connectivity index (χ3n) is 14.5. The number of nitriles is 2. The smallest absolute Gasteiger partial charge is 0.269 e. The highest BCUT2D eigenvalue weighted by molar-refractivity contribution is 7.90. The predicted molar refractivity (Wildman–Crippen MR) is 287 cm³/mol. The minimum Gasteiger partial charge on any atom is -0.490 e. The van der Waals surface area contributed by atoms with Gasteiger partial charge in [-0.05, 0) is 136 Å². The molecule has 5 aromatic heterocycles. The number of aryl methyl sites for hydroxylation is 2. The molecular formula is C56H54N12O7S2. The van der Waals surface area contributed by atoms with Gasteiger partial charge in [-0.3, -0.25) is 20.0 Å². The summed E-state index contributed by atoms with van der Waals surface area (Å²) in [6.45, 7) is 8.02. The number of carbonyl (C=O) groups is 1. The molecule has 11 rings (SSSR count). The largest absolute Gasteiger partial charge is 0.490 e. The van der Waals surface area contributed by atoms with E-state index in [0.717, 1.165) is 58.8 Å². The Kier molecular flexibility index (Phi) is 14.5. The first-order chi connectivity index (χ1) is 37.2. The summed E-state index contributed by atoms with van der Waals surface area (Å²) in [6, 6.07) is 35.0. The number of carbonyl (C=O) groups excluding carboxylic acids is 1. The third kappa shape index (κ3) is 10.5. The molecule has 2 aliphatic carbocycles. The van der Waals surface area contributed by atoms with Gasteiger partial charge in [0.15, 0.2) is 22.8 Å². The molecule has 1 amide bonds. The molecule has 19 nitrogen and oxygen atoms in total. The number of amides is 1. The Morgan fingerprint density at radius 2 is 1.18 bits per heavy atom. The monoisotopic (exact) mass is 1070 g/mol. The molecule has 2 N–H and O–H groups in total. The number of fused-ring (bicyclic) bond motifs is 4. The Balaban J connectivity index is 0.000000175.